The van der Waals surface area contributed by atoms with Gasteiger partial charge in [-0.3, -0.25) is 0 Å². The molecule has 0 radical (unpaired) electrons. The SMILES string of the molecule is Cc1cccc2c1CC1CC(CN)CN21. The number of aryl methyl sites for hydroxylation is 1. The Morgan fingerprint density at radius 1 is 1.47 bits per heavy atom. The topological polar surface area (TPSA) is 29.3 Å². The summed E-state index contributed by atoms with van der Waals surface area (Å²) in [6.45, 7) is 4.23. The van der Waals surface area contributed by atoms with Crippen molar-refractivity contribution in [2.24, 2.45) is 11.7 Å². The van der Waals surface area contributed by atoms with Gasteiger partial charge >= 0.3 is 0 Å². The molecule has 1 saturated heterocycles. The molecule has 80 valence electrons. The van der Waals surface area contributed by atoms with Crippen LogP contribution in [0.3, 0.4) is 0 Å². The van der Waals surface area contributed by atoms with Crippen LogP contribution < -0.4 is 10.6 Å². The maximum Gasteiger partial charge on any atom is 0.0404 e. The smallest absolute Gasteiger partial charge is 0.0404 e. The van der Waals surface area contributed by atoms with Crippen LogP contribution in [0.1, 0.15) is 17.5 Å². The van der Waals surface area contributed by atoms with E-state index in [1.54, 1.807) is 5.56 Å². The maximum absolute atomic E-state index is 5.76. The number of benzene rings is 1. The van der Waals surface area contributed by atoms with Crippen molar-refractivity contribution in [2.45, 2.75) is 25.8 Å². The summed E-state index contributed by atoms with van der Waals surface area (Å²) in [5, 5.41) is 0. The number of nitrogens with two attached hydrogens (primary N) is 1. The van der Waals surface area contributed by atoms with Crippen LogP contribution in [0.4, 0.5) is 5.69 Å². The molecule has 2 aliphatic rings. The van der Waals surface area contributed by atoms with E-state index in [-0.39, 0.29) is 0 Å². The molecule has 2 atom stereocenters. The Morgan fingerprint density at radius 3 is 3.13 bits per heavy atom. The monoisotopic (exact) mass is 202 g/mol. The van der Waals surface area contributed by atoms with Crippen LogP contribution in [-0.2, 0) is 6.42 Å². The van der Waals surface area contributed by atoms with E-state index in [1.807, 2.05) is 0 Å². The average molecular weight is 202 g/mol. The molecule has 0 bridgehead atoms. The Kier molecular flexibility index (Phi) is 1.99. The van der Waals surface area contributed by atoms with Gasteiger partial charge in [-0.2, -0.15) is 0 Å². The van der Waals surface area contributed by atoms with E-state index >= 15 is 0 Å². The molecule has 0 spiro atoms. The lowest BCUT2D eigenvalue weighted by molar-refractivity contribution is 0.565. The highest BCUT2D eigenvalue weighted by Gasteiger charge is 2.37. The van der Waals surface area contributed by atoms with Gasteiger partial charge in [-0.1, -0.05) is 12.1 Å². The molecule has 2 nitrogen and oxygen atoms in total. The molecule has 2 heterocycles. The molecule has 2 aliphatic heterocycles. The molecule has 3 rings (SSSR count). The summed E-state index contributed by atoms with van der Waals surface area (Å²) in [7, 11) is 0. The van der Waals surface area contributed by atoms with Crippen LogP contribution in [0.5, 0.6) is 0 Å². The van der Waals surface area contributed by atoms with Crippen molar-refractivity contribution in [3.8, 4) is 0 Å². The van der Waals surface area contributed by atoms with Crippen LogP contribution >= 0.6 is 0 Å². The average Bonchev–Trinajstić information content (AvgIpc) is 2.76. The Labute approximate surface area is 91.1 Å². The molecular weight excluding hydrogens is 184 g/mol. The minimum atomic E-state index is 0.712. The zero-order valence-corrected chi connectivity index (χ0v) is 9.24. The maximum atomic E-state index is 5.76. The van der Waals surface area contributed by atoms with E-state index in [1.165, 1.54) is 24.1 Å². The van der Waals surface area contributed by atoms with Crippen molar-refractivity contribution in [3.05, 3.63) is 29.3 Å². The second-order valence-electron chi connectivity index (χ2n) is 4.92. The molecule has 0 aliphatic carbocycles. The normalized spacial score (nSPS) is 28.0. The second-order valence-corrected chi connectivity index (χ2v) is 4.92. The van der Waals surface area contributed by atoms with Gasteiger partial charge in [0.1, 0.15) is 0 Å². The fraction of sp³-hybridized carbons (Fsp3) is 0.538. The number of fused-ring (bicyclic) bond motifs is 3. The van der Waals surface area contributed by atoms with Gasteiger partial charge in [0.2, 0.25) is 0 Å². The van der Waals surface area contributed by atoms with E-state index in [4.69, 9.17) is 5.73 Å². The quantitative estimate of drug-likeness (QED) is 0.751. The van der Waals surface area contributed by atoms with E-state index in [0.717, 1.165) is 19.1 Å². The lowest BCUT2D eigenvalue weighted by atomic mass is 9.99. The van der Waals surface area contributed by atoms with Gasteiger partial charge in [0, 0.05) is 18.3 Å². The standard InChI is InChI=1S/C13H18N2/c1-9-3-2-4-13-12(9)6-11-5-10(7-14)8-15(11)13/h2-4,10-11H,5-8,14H2,1H3. The molecule has 15 heavy (non-hydrogen) atoms. The largest absolute Gasteiger partial charge is 0.368 e. The Bertz CT molecular complexity index is 386. The molecule has 0 saturated carbocycles. The summed E-state index contributed by atoms with van der Waals surface area (Å²) in [4.78, 5) is 2.57. The predicted octanol–water partition coefficient (Wildman–Crippen LogP) is 1.70. The summed E-state index contributed by atoms with van der Waals surface area (Å²) in [5.41, 5.74) is 10.2. The van der Waals surface area contributed by atoms with Crippen molar-refractivity contribution >= 4 is 5.69 Å². The number of rotatable bonds is 1. The fourth-order valence-corrected chi connectivity index (χ4v) is 3.13. The Balaban J connectivity index is 1.96. The fourth-order valence-electron chi connectivity index (χ4n) is 3.13. The molecule has 1 aromatic carbocycles. The summed E-state index contributed by atoms with van der Waals surface area (Å²) >= 11 is 0. The van der Waals surface area contributed by atoms with Crippen LogP contribution in [0.15, 0.2) is 18.2 Å². The highest BCUT2D eigenvalue weighted by molar-refractivity contribution is 5.63. The number of hydrogen-bond acceptors (Lipinski definition) is 2. The molecule has 0 aromatic heterocycles. The van der Waals surface area contributed by atoms with Gasteiger partial charge in [-0.05, 0) is 49.4 Å². The number of nitrogens with zero attached hydrogens (tertiary/aromatic N) is 1. The molecule has 2 unspecified atom stereocenters. The van der Waals surface area contributed by atoms with E-state index in [0.29, 0.717) is 5.92 Å². The summed E-state index contributed by atoms with van der Waals surface area (Å²) in [6, 6.07) is 7.39. The first-order valence-electron chi connectivity index (χ1n) is 5.85. The first-order chi connectivity index (χ1) is 7.29. The summed E-state index contributed by atoms with van der Waals surface area (Å²) < 4.78 is 0. The lowest BCUT2D eigenvalue weighted by Crippen LogP contribution is -2.25. The molecule has 2 N–H and O–H groups in total. The van der Waals surface area contributed by atoms with Gasteiger partial charge in [0.15, 0.2) is 0 Å². The Morgan fingerprint density at radius 2 is 2.33 bits per heavy atom. The van der Waals surface area contributed by atoms with Gasteiger partial charge < -0.3 is 10.6 Å². The van der Waals surface area contributed by atoms with Gasteiger partial charge in [0.25, 0.3) is 0 Å². The highest BCUT2D eigenvalue weighted by Crippen LogP contribution is 2.40. The van der Waals surface area contributed by atoms with Crippen LogP contribution in [-0.4, -0.2) is 19.1 Å². The van der Waals surface area contributed by atoms with Gasteiger partial charge in [0.05, 0.1) is 0 Å². The predicted molar refractivity (Wildman–Crippen MR) is 63.2 cm³/mol. The van der Waals surface area contributed by atoms with E-state index in [9.17, 15) is 0 Å². The van der Waals surface area contributed by atoms with Gasteiger partial charge in [-0.15, -0.1) is 0 Å². The van der Waals surface area contributed by atoms with Gasteiger partial charge in [-0.25, -0.2) is 0 Å². The molecular formula is C13H18N2. The van der Waals surface area contributed by atoms with Crippen LogP contribution in [0.25, 0.3) is 0 Å². The highest BCUT2D eigenvalue weighted by atomic mass is 15.2. The molecule has 0 amide bonds. The molecule has 1 aromatic rings. The third-order valence-corrected chi connectivity index (χ3v) is 3.97. The van der Waals surface area contributed by atoms with E-state index < -0.39 is 0 Å². The first-order valence-corrected chi connectivity index (χ1v) is 5.85. The number of anilines is 1. The zero-order valence-electron chi connectivity index (χ0n) is 9.24. The van der Waals surface area contributed by atoms with E-state index in [2.05, 4.69) is 30.0 Å². The van der Waals surface area contributed by atoms with Crippen molar-refractivity contribution in [3.63, 3.8) is 0 Å². The van der Waals surface area contributed by atoms with Crippen molar-refractivity contribution in [2.75, 3.05) is 18.0 Å². The lowest BCUT2D eigenvalue weighted by Gasteiger charge is -2.18. The van der Waals surface area contributed by atoms with Crippen molar-refractivity contribution in [1.82, 2.24) is 0 Å². The Hall–Kier alpha value is -1.02. The van der Waals surface area contributed by atoms with Crippen molar-refractivity contribution < 1.29 is 0 Å². The molecule has 2 heteroatoms. The first kappa shape index (κ1) is 9.22. The number of hydrogen-bond donors (Lipinski definition) is 1. The molecule has 1 fully saturated rings. The minimum Gasteiger partial charge on any atom is -0.368 e. The zero-order chi connectivity index (χ0) is 10.4. The van der Waals surface area contributed by atoms with Crippen molar-refractivity contribution in [1.29, 1.82) is 0 Å². The summed E-state index contributed by atoms with van der Waals surface area (Å²) in [5.74, 6) is 0.712. The third kappa shape index (κ3) is 1.28. The minimum absolute atomic E-state index is 0.712. The third-order valence-electron chi connectivity index (χ3n) is 3.97. The second kappa shape index (κ2) is 3.24. The summed E-state index contributed by atoms with van der Waals surface area (Å²) in [6.07, 6.45) is 2.52. The van der Waals surface area contributed by atoms with Crippen LogP contribution in [0, 0.1) is 12.8 Å². The van der Waals surface area contributed by atoms with Crippen LogP contribution in [0.2, 0.25) is 0 Å².